The molecular weight excluding hydrogens is 346 g/mol. The van der Waals surface area contributed by atoms with Crippen LogP contribution in [0.4, 0.5) is 0 Å². The molecule has 1 aliphatic rings. The number of amides is 1. The van der Waals surface area contributed by atoms with E-state index in [-0.39, 0.29) is 5.91 Å². The average molecular weight is 367 g/mol. The first-order chi connectivity index (χ1) is 12.6. The van der Waals surface area contributed by atoms with E-state index in [0.717, 1.165) is 41.5 Å². The van der Waals surface area contributed by atoms with Gasteiger partial charge in [0.1, 0.15) is 10.7 Å². The Bertz CT molecular complexity index is 931. The number of piperazine rings is 1. The monoisotopic (exact) mass is 367 g/mol. The summed E-state index contributed by atoms with van der Waals surface area (Å²) in [6.07, 6.45) is 3.76. The molecule has 0 radical (unpaired) electrons. The number of hydrogen-bond acceptors (Lipinski definition) is 5. The molecule has 1 atom stereocenters. The van der Waals surface area contributed by atoms with Crippen LogP contribution < -0.4 is 5.32 Å². The van der Waals surface area contributed by atoms with Crippen molar-refractivity contribution >= 4 is 17.2 Å². The van der Waals surface area contributed by atoms with Crippen LogP contribution >= 0.6 is 11.3 Å². The van der Waals surface area contributed by atoms with Crippen LogP contribution in [0.5, 0.6) is 0 Å². The summed E-state index contributed by atoms with van der Waals surface area (Å²) in [7, 11) is 0. The molecule has 1 aliphatic heterocycles. The van der Waals surface area contributed by atoms with Gasteiger partial charge in [0.15, 0.2) is 0 Å². The fourth-order valence-corrected chi connectivity index (χ4v) is 3.94. The Kier molecular flexibility index (Phi) is 4.57. The maximum Gasteiger partial charge on any atom is 0.273 e. The Morgan fingerprint density at radius 1 is 1.35 bits per heavy atom. The van der Waals surface area contributed by atoms with Gasteiger partial charge in [-0.05, 0) is 25.5 Å². The molecule has 0 spiro atoms. The number of nitrogens with zero attached hydrogens (tertiary/aromatic N) is 4. The number of hydrogen-bond donors (Lipinski definition) is 1. The van der Waals surface area contributed by atoms with Gasteiger partial charge in [-0.2, -0.15) is 5.10 Å². The van der Waals surface area contributed by atoms with Crippen molar-refractivity contribution < 1.29 is 4.79 Å². The lowest BCUT2D eigenvalue weighted by molar-refractivity contribution is 0.0704. The van der Waals surface area contributed by atoms with E-state index in [1.165, 1.54) is 11.3 Å². The predicted octanol–water partition coefficient (Wildman–Crippen LogP) is 2.74. The van der Waals surface area contributed by atoms with Gasteiger partial charge in [0, 0.05) is 42.8 Å². The summed E-state index contributed by atoms with van der Waals surface area (Å²) in [6, 6.07) is 8.43. The maximum absolute atomic E-state index is 12.7. The molecule has 0 saturated carbocycles. The number of para-hydroxylation sites is 1. The van der Waals surface area contributed by atoms with Crippen LogP contribution in [0.1, 0.15) is 23.0 Å². The Morgan fingerprint density at radius 3 is 3.00 bits per heavy atom. The maximum atomic E-state index is 12.7. The molecule has 0 aliphatic carbocycles. The zero-order chi connectivity index (χ0) is 18.1. The highest BCUT2D eigenvalue weighted by atomic mass is 32.1. The summed E-state index contributed by atoms with van der Waals surface area (Å²) >= 11 is 1.48. The van der Waals surface area contributed by atoms with Crippen molar-refractivity contribution in [2.75, 3.05) is 19.6 Å². The first kappa shape index (κ1) is 16.9. The van der Waals surface area contributed by atoms with Crippen LogP contribution in [-0.4, -0.2) is 51.2 Å². The summed E-state index contributed by atoms with van der Waals surface area (Å²) in [5, 5.41) is 10.5. The minimum Gasteiger partial charge on any atom is -0.334 e. The SMILES string of the molecule is Cc1ccccc1-n1cc(-c2nc(C(=O)N3CCN[C@@H](C)C3)cs2)cn1. The molecular formula is C19H21N5OS. The fourth-order valence-electron chi connectivity index (χ4n) is 3.17. The molecule has 2 aromatic heterocycles. The largest absolute Gasteiger partial charge is 0.334 e. The molecule has 1 N–H and O–H groups in total. The molecule has 134 valence electrons. The van der Waals surface area contributed by atoms with E-state index in [1.807, 2.05) is 39.4 Å². The van der Waals surface area contributed by atoms with E-state index in [9.17, 15) is 4.79 Å². The van der Waals surface area contributed by atoms with Crippen molar-refractivity contribution in [3.63, 3.8) is 0 Å². The number of thiazole rings is 1. The second-order valence-corrected chi connectivity index (χ2v) is 7.46. The summed E-state index contributed by atoms with van der Waals surface area (Å²) in [6.45, 7) is 6.42. The lowest BCUT2D eigenvalue weighted by atomic mass is 10.2. The van der Waals surface area contributed by atoms with Gasteiger partial charge in [0.2, 0.25) is 0 Å². The first-order valence-electron chi connectivity index (χ1n) is 8.71. The number of aryl methyl sites for hydroxylation is 1. The highest BCUT2D eigenvalue weighted by Crippen LogP contribution is 2.25. The predicted molar refractivity (Wildman–Crippen MR) is 103 cm³/mol. The van der Waals surface area contributed by atoms with E-state index < -0.39 is 0 Å². The lowest BCUT2D eigenvalue weighted by Gasteiger charge is -2.31. The molecule has 3 heterocycles. The van der Waals surface area contributed by atoms with Crippen molar-refractivity contribution in [3.05, 3.63) is 53.3 Å². The third-order valence-electron chi connectivity index (χ3n) is 4.57. The quantitative estimate of drug-likeness (QED) is 0.773. The van der Waals surface area contributed by atoms with Crippen LogP contribution in [0.15, 0.2) is 42.0 Å². The average Bonchev–Trinajstić information content (AvgIpc) is 3.31. The third kappa shape index (κ3) is 3.27. The van der Waals surface area contributed by atoms with Crippen molar-refractivity contribution in [3.8, 4) is 16.3 Å². The zero-order valence-corrected chi connectivity index (χ0v) is 15.7. The second kappa shape index (κ2) is 7.01. The van der Waals surface area contributed by atoms with Crippen molar-refractivity contribution in [2.45, 2.75) is 19.9 Å². The van der Waals surface area contributed by atoms with Gasteiger partial charge in [-0.1, -0.05) is 18.2 Å². The third-order valence-corrected chi connectivity index (χ3v) is 5.46. The standard InChI is InChI=1S/C19H21N5OS/c1-13-5-3-4-6-17(13)24-11-15(9-21-24)18-22-16(12-26-18)19(25)23-8-7-20-14(2)10-23/h3-6,9,11-12,14,20H,7-8,10H2,1-2H3/t14-/m0/s1. The molecule has 1 amide bonds. The molecule has 0 unspecified atom stereocenters. The summed E-state index contributed by atoms with van der Waals surface area (Å²) in [5.74, 6) is 0.00662. The normalized spacial score (nSPS) is 17.5. The van der Waals surface area contributed by atoms with Gasteiger partial charge in [0.25, 0.3) is 5.91 Å². The van der Waals surface area contributed by atoms with Crippen molar-refractivity contribution in [2.24, 2.45) is 0 Å². The highest BCUT2D eigenvalue weighted by molar-refractivity contribution is 7.13. The van der Waals surface area contributed by atoms with E-state index in [1.54, 1.807) is 6.20 Å². The van der Waals surface area contributed by atoms with Crippen molar-refractivity contribution in [1.29, 1.82) is 0 Å². The van der Waals surface area contributed by atoms with Gasteiger partial charge in [-0.25, -0.2) is 9.67 Å². The van der Waals surface area contributed by atoms with Crippen LogP contribution in [0.2, 0.25) is 0 Å². The summed E-state index contributed by atoms with van der Waals surface area (Å²) in [5.41, 5.74) is 3.64. The molecule has 1 fully saturated rings. The summed E-state index contributed by atoms with van der Waals surface area (Å²) < 4.78 is 1.85. The lowest BCUT2D eigenvalue weighted by Crippen LogP contribution is -2.51. The smallest absolute Gasteiger partial charge is 0.273 e. The van der Waals surface area contributed by atoms with Gasteiger partial charge in [0.05, 0.1) is 11.9 Å². The number of aromatic nitrogens is 3. The Balaban J connectivity index is 1.55. The Labute approximate surface area is 156 Å². The zero-order valence-electron chi connectivity index (χ0n) is 14.8. The number of carbonyl (C=O) groups excluding carboxylic acids is 1. The van der Waals surface area contributed by atoms with Gasteiger partial charge >= 0.3 is 0 Å². The Morgan fingerprint density at radius 2 is 2.19 bits per heavy atom. The molecule has 1 saturated heterocycles. The van der Waals surface area contributed by atoms with Gasteiger partial charge in [-0.15, -0.1) is 11.3 Å². The molecule has 4 rings (SSSR count). The van der Waals surface area contributed by atoms with Crippen LogP contribution in [-0.2, 0) is 0 Å². The van der Waals surface area contributed by atoms with Crippen LogP contribution in [0.3, 0.4) is 0 Å². The van der Waals surface area contributed by atoms with E-state index in [4.69, 9.17) is 0 Å². The number of benzene rings is 1. The number of carbonyl (C=O) groups is 1. The number of nitrogens with one attached hydrogen (secondary N) is 1. The molecule has 6 nitrogen and oxygen atoms in total. The number of rotatable bonds is 3. The summed E-state index contributed by atoms with van der Waals surface area (Å²) in [4.78, 5) is 19.1. The molecule has 7 heteroatoms. The molecule has 3 aromatic rings. The van der Waals surface area contributed by atoms with Crippen molar-refractivity contribution in [1.82, 2.24) is 25.0 Å². The fraction of sp³-hybridized carbons (Fsp3) is 0.316. The highest BCUT2D eigenvalue weighted by Gasteiger charge is 2.23. The minimum atomic E-state index is 0.00662. The molecule has 1 aromatic carbocycles. The van der Waals surface area contributed by atoms with Crippen LogP contribution in [0.25, 0.3) is 16.3 Å². The van der Waals surface area contributed by atoms with E-state index in [2.05, 4.69) is 35.3 Å². The van der Waals surface area contributed by atoms with Crippen LogP contribution in [0, 0.1) is 6.92 Å². The van der Waals surface area contributed by atoms with E-state index >= 15 is 0 Å². The molecule has 26 heavy (non-hydrogen) atoms. The van der Waals surface area contributed by atoms with Gasteiger partial charge in [-0.3, -0.25) is 4.79 Å². The molecule has 0 bridgehead atoms. The topological polar surface area (TPSA) is 63.1 Å². The van der Waals surface area contributed by atoms with E-state index in [0.29, 0.717) is 11.7 Å². The second-order valence-electron chi connectivity index (χ2n) is 6.60. The minimum absolute atomic E-state index is 0.00662. The first-order valence-corrected chi connectivity index (χ1v) is 9.59. The Hall–Kier alpha value is -2.51. The van der Waals surface area contributed by atoms with Gasteiger partial charge < -0.3 is 10.2 Å².